The maximum absolute atomic E-state index is 7.57. The molecule has 1 heterocycles. The number of amidine groups is 1. The molecule has 0 saturated carbocycles. The number of hydrogen-bond acceptors (Lipinski definition) is 2. The van der Waals surface area contributed by atoms with Crippen molar-refractivity contribution < 1.29 is 0 Å². The summed E-state index contributed by atoms with van der Waals surface area (Å²) >= 11 is 6.00. The van der Waals surface area contributed by atoms with Crippen LogP contribution in [0.2, 0.25) is 5.02 Å². The van der Waals surface area contributed by atoms with Gasteiger partial charge in [-0.25, -0.2) is 0 Å². The fourth-order valence-corrected chi connectivity index (χ4v) is 2.30. The van der Waals surface area contributed by atoms with E-state index in [2.05, 4.69) is 4.90 Å². The molecule has 0 aromatic heterocycles. The predicted octanol–water partition coefficient (Wildman–Crippen LogP) is 2.61. The van der Waals surface area contributed by atoms with Crippen molar-refractivity contribution in [3.05, 3.63) is 28.8 Å². The molecule has 2 rings (SSSR count). The molecule has 0 bridgehead atoms. The van der Waals surface area contributed by atoms with Gasteiger partial charge >= 0.3 is 0 Å². The summed E-state index contributed by atoms with van der Waals surface area (Å²) < 4.78 is 0. The highest BCUT2D eigenvalue weighted by Crippen LogP contribution is 2.27. The van der Waals surface area contributed by atoms with Crippen LogP contribution in [-0.4, -0.2) is 18.9 Å². The average Bonchev–Trinajstić information content (AvgIpc) is 2.29. The smallest absolute Gasteiger partial charge is 0.124 e. The zero-order valence-electron chi connectivity index (χ0n) is 9.17. The highest BCUT2D eigenvalue weighted by Gasteiger charge is 2.15. The van der Waals surface area contributed by atoms with Crippen LogP contribution in [0.15, 0.2) is 18.2 Å². The summed E-state index contributed by atoms with van der Waals surface area (Å²) in [6, 6.07) is 5.52. The van der Waals surface area contributed by atoms with Gasteiger partial charge in [0.15, 0.2) is 0 Å². The SMILES string of the molecule is N=C(N)c1ccc(Cl)cc1N1CCCCC1. The Labute approximate surface area is 101 Å². The molecule has 3 nitrogen and oxygen atoms in total. The number of nitrogens with one attached hydrogen (secondary N) is 1. The van der Waals surface area contributed by atoms with E-state index in [4.69, 9.17) is 22.7 Å². The molecule has 3 N–H and O–H groups in total. The molecule has 1 fully saturated rings. The monoisotopic (exact) mass is 237 g/mol. The minimum absolute atomic E-state index is 0.109. The zero-order chi connectivity index (χ0) is 11.5. The van der Waals surface area contributed by atoms with Gasteiger partial charge in [0.1, 0.15) is 5.84 Å². The van der Waals surface area contributed by atoms with Gasteiger partial charge in [-0.05, 0) is 37.5 Å². The number of piperidine rings is 1. The van der Waals surface area contributed by atoms with Crippen LogP contribution in [0, 0.1) is 5.41 Å². The summed E-state index contributed by atoms with van der Waals surface area (Å²) in [5.74, 6) is 0.109. The summed E-state index contributed by atoms with van der Waals surface area (Å²) in [4.78, 5) is 2.27. The van der Waals surface area contributed by atoms with Gasteiger partial charge in [0.2, 0.25) is 0 Å². The average molecular weight is 238 g/mol. The second kappa shape index (κ2) is 4.74. The molecular weight excluding hydrogens is 222 g/mol. The van der Waals surface area contributed by atoms with Crippen LogP contribution in [-0.2, 0) is 0 Å². The standard InChI is InChI=1S/C12H16ClN3/c13-9-4-5-10(12(14)15)11(8-9)16-6-2-1-3-7-16/h4-5,8H,1-3,6-7H2,(H3,14,15). The molecule has 1 aliphatic heterocycles. The number of hydrogen-bond donors (Lipinski definition) is 2. The van der Waals surface area contributed by atoms with Crippen molar-refractivity contribution in [1.29, 1.82) is 5.41 Å². The summed E-state index contributed by atoms with van der Waals surface area (Å²) in [5, 5.41) is 8.27. The van der Waals surface area contributed by atoms with E-state index < -0.39 is 0 Å². The van der Waals surface area contributed by atoms with Crippen molar-refractivity contribution in [2.24, 2.45) is 5.73 Å². The van der Waals surface area contributed by atoms with Crippen molar-refractivity contribution in [3.63, 3.8) is 0 Å². The Morgan fingerprint density at radius 3 is 2.56 bits per heavy atom. The summed E-state index contributed by atoms with van der Waals surface area (Å²) in [6.45, 7) is 2.06. The quantitative estimate of drug-likeness (QED) is 0.614. The second-order valence-electron chi connectivity index (χ2n) is 4.12. The lowest BCUT2D eigenvalue weighted by molar-refractivity contribution is 0.577. The van der Waals surface area contributed by atoms with Gasteiger partial charge in [-0.2, -0.15) is 0 Å². The Morgan fingerprint density at radius 1 is 1.25 bits per heavy atom. The third-order valence-corrected chi connectivity index (χ3v) is 3.18. The first-order valence-electron chi connectivity index (χ1n) is 5.57. The van der Waals surface area contributed by atoms with Crippen molar-refractivity contribution >= 4 is 23.1 Å². The van der Waals surface area contributed by atoms with E-state index in [-0.39, 0.29) is 5.84 Å². The fraction of sp³-hybridized carbons (Fsp3) is 0.417. The van der Waals surface area contributed by atoms with E-state index in [1.807, 2.05) is 12.1 Å². The van der Waals surface area contributed by atoms with Gasteiger partial charge in [0.25, 0.3) is 0 Å². The van der Waals surface area contributed by atoms with Crippen LogP contribution in [0.1, 0.15) is 24.8 Å². The summed E-state index contributed by atoms with van der Waals surface area (Å²) in [6.07, 6.45) is 3.68. The van der Waals surface area contributed by atoms with Crippen LogP contribution in [0.5, 0.6) is 0 Å². The second-order valence-corrected chi connectivity index (χ2v) is 4.56. The molecule has 1 saturated heterocycles. The van der Waals surface area contributed by atoms with E-state index in [9.17, 15) is 0 Å². The molecule has 16 heavy (non-hydrogen) atoms. The van der Waals surface area contributed by atoms with E-state index in [0.29, 0.717) is 5.02 Å². The number of nitrogen functional groups attached to an aromatic ring is 1. The van der Waals surface area contributed by atoms with Crippen LogP contribution in [0.25, 0.3) is 0 Å². The van der Waals surface area contributed by atoms with E-state index in [1.165, 1.54) is 19.3 Å². The first kappa shape index (κ1) is 11.3. The van der Waals surface area contributed by atoms with Gasteiger partial charge in [-0.1, -0.05) is 11.6 Å². The maximum Gasteiger partial charge on any atom is 0.124 e. The molecule has 1 aromatic carbocycles. The van der Waals surface area contributed by atoms with Crippen LogP contribution in [0.4, 0.5) is 5.69 Å². The van der Waals surface area contributed by atoms with Gasteiger partial charge in [-0.3, -0.25) is 5.41 Å². The third-order valence-electron chi connectivity index (χ3n) is 2.95. The predicted molar refractivity (Wildman–Crippen MR) is 68.5 cm³/mol. The Hall–Kier alpha value is -1.22. The number of rotatable bonds is 2. The highest BCUT2D eigenvalue weighted by atomic mass is 35.5. The number of nitrogens with zero attached hydrogens (tertiary/aromatic N) is 1. The lowest BCUT2D eigenvalue weighted by Crippen LogP contribution is -2.31. The topological polar surface area (TPSA) is 53.1 Å². The van der Waals surface area contributed by atoms with Gasteiger partial charge < -0.3 is 10.6 Å². The molecule has 1 aromatic rings. The Morgan fingerprint density at radius 2 is 1.94 bits per heavy atom. The first-order valence-corrected chi connectivity index (χ1v) is 5.95. The molecule has 4 heteroatoms. The lowest BCUT2D eigenvalue weighted by atomic mass is 10.1. The minimum Gasteiger partial charge on any atom is -0.384 e. The van der Waals surface area contributed by atoms with Gasteiger partial charge in [0, 0.05) is 29.4 Å². The molecule has 1 aliphatic rings. The Kier molecular flexibility index (Phi) is 3.34. The van der Waals surface area contributed by atoms with Crippen LogP contribution in [0.3, 0.4) is 0 Å². The highest BCUT2D eigenvalue weighted by molar-refractivity contribution is 6.31. The van der Waals surface area contributed by atoms with E-state index in [1.54, 1.807) is 6.07 Å². The molecule has 0 spiro atoms. The zero-order valence-corrected chi connectivity index (χ0v) is 9.93. The van der Waals surface area contributed by atoms with Crippen molar-refractivity contribution in [1.82, 2.24) is 0 Å². The van der Waals surface area contributed by atoms with Crippen LogP contribution >= 0.6 is 11.6 Å². The number of nitrogens with two attached hydrogens (primary N) is 1. The Bertz CT molecular complexity index is 397. The van der Waals surface area contributed by atoms with E-state index in [0.717, 1.165) is 24.3 Å². The van der Waals surface area contributed by atoms with Crippen molar-refractivity contribution in [3.8, 4) is 0 Å². The Balaban J connectivity index is 2.36. The largest absolute Gasteiger partial charge is 0.384 e. The minimum atomic E-state index is 0.109. The number of benzene rings is 1. The molecule has 0 radical (unpaired) electrons. The molecule has 0 unspecified atom stereocenters. The molecule has 86 valence electrons. The van der Waals surface area contributed by atoms with Gasteiger partial charge in [0.05, 0.1) is 0 Å². The van der Waals surface area contributed by atoms with Crippen molar-refractivity contribution in [2.75, 3.05) is 18.0 Å². The first-order chi connectivity index (χ1) is 7.68. The summed E-state index contributed by atoms with van der Waals surface area (Å²) in [7, 11) is 0. The maximum atomic E-state index is 7.57. The number of anilines is 1. The molecule has 0 amide bonds. The normalized spacial score (nSPS) is 16.2. The van der Waals surface area contributed by atoms with E-state index >= 15 is 0 Å². The molecule has 0 aliphatic carbocycles. The summed E-state index contributed by atoms with van der Waals surface area (Å²) in [5.41, 5.74) is 7.37. The van der Waals surface area contributed by atoms with Gasteiger partial charge in [-0.15, -0.1) is 0 Å². The lowest BCUT2D eigenvalue weighted by Gasteiger charge is -2.30. The molecular formula is C12H16ClN3. The van der Waals surface area contributed by atoms with Crippen LogP contribution < -0.4 is 10.6 Å². The molecule has 0 atom stereocenters. The van der Waals surface area contributed by atoms with Crippen molar-refractivity contribution in [2.45, 2.75) is 19.3 Å². The fourth-order valence-electron chi connectivity index (χ4n) is 2.13. The number of halogens is 1. The third kappa shape index (κ3) is 2.30.